The molecule has 0 fully saturated rings. The van der Waals surface area contributed by atoms with Crippen LogP contribution in [0.15, 0.2) is 48.8 Å². The fraction of sp³-hybridized carbons (Fsp3) is 0.316. The van der Waals surface area contributed by atoms with Gasteiger partial charge in [0.2, 0.25) is 0 Å². The quantitative estimate of drug-likeness (QED) is 0.578. The Labute approximate surface area is 154 Å². The van der Waals surface area contributed by atoms with Gasteiger partial charge in [-0.05, 0) is 43.4 Å². The monoisotopic (exact) mass is 356 g/mol. The van der Waals surface area contributed by atoms with Crippen LogP contribution in [0.5, 0.6) is 0 Å². The van der Waals surface area contributed by atoms with E-state index in [0.717, 1.165) is 11.3 Å². The number of carbonyl (C=O) groups is 1. The largest absolute Gasteiger partial charge is 0.342 e. The van der Waals surface area contributed by atoms with Gasteiger partial charge in [-0.2, -0.15) is 0 Å². The molecule has 6 heteroatoms. The van der Waals surface area contributed by atoms with Crippen LogP contribution in [0.4, 0.5) is 5.69 Å². The van der Waals surface area contributed by atoms with Crippen LogP contribution in [0.1, 0.15) is 36.7 Å². The van der Waals surface area contributed by atoms with Gasteiger partial charge in [-0.25, -0.2) is 0 Å². The van der Waals surface area contributed by atoms with Gasteiger partial charge in [-0.3, -0.25) is 9.78 Å². The van der Waals surface area contributed by atoms with Crippen molar-refractivity contribution in [2.45, 2.75) is 33.9 Å². The van der Waals surface area contributed by atoms with Gasteiger partial charge in [0.1, 0.15) is 6.17 Å². The van der Waals surface area contributed by atoms with Gasteiger partial charge in [-0.1, -0.05) is 38.5 Å². The maximum Gasteiger partial charge on any atom is 0.252 e. The standard InChI is InChI=1S/C19H24N4OS/c1-13-7-9-14(10-8-13)16(24)22-17(19(2,3)4)23-18(25)21-15-6-5-11-20-12-15/h5-12,17H,1-4H3,(H,22,24)(H2,21,23,25). The van der Waals surface area contributed by atoms with E-state index in [1.54, 1.807) is 12.4 Å². The highest BCUT2D eigenvalue weighted by molar-refractivity contribution is 7.80. The normalized spacial score (nSPS) is 12.2. The van der Waals surface area contributed by atoms with Crippen LogP contribution in [0.2, 0.25) is 0 Å². The van der Waals surface area contributed by atoms with Gasteiger partial charge >= 0.3 is 0 Å². The number of thiocarbonyl (C=S) groups is 1. The van der Waals surface area contributed by atoms with Gasteiger partial charge in [0.15, 0.2) is 5.11 Å². The number of carbonyl (C=O) groups excluding carboxylic acids is 1. The summed E-state index contributed by atoms with van der Waals surface area (Å²) in [5.41, 5.74) is 2.29. The Morgan fingerprint density at radius 1 is 1.12 bits per heavy atom. The van der Waals surface area contributed by atoms with Gasteiger partial charge in [0.05, 0.1) is 11.9 Å². The first kappa shape index (κ1) is 18.9. The molecule has 1 amide bonds. The van der Waals surface area contributed by atoms with Crippen molar-refractivity contribution in [1.29, 1.82) is 0 Å². The summed E-state index contributed by atoms with van der Waals surface area (Å²) in [7, 11) is 0. The van der Waals surface area contributed by atoms with Crippen molar-refractivity contribution in [3.05, 3.63) is 59.9 Å². The molecule has 0 bridgehead atoms. The third kappa shape index (κ3) is 5.83. The molecule has 0 saturated carbocycles. The molecule has 25 heavy (non-hydrogen) atoms. The lowest BCUT2D eigenvalue weighted by Crippen LogP contribution is -2.55. The molecule has 1 atom stereocenters. The number of aromatic nitrogens is 1. The summed E-state index contributed by atoms with van der Waals surface area (Å²) in [5, 5.41) is 9.69. The summed E-state index contributed by atoms with van der Waals surface area (Å²) >= 11 is 5.37. The molecule has 2 rings (SSSR count). The number of benzene rings is 1. The minimum absolute atomic E-state index is 0.142. The van der Waals surface area contributed by atoms with E-state index >= 15 is 0 Å². The topological polar surface area (TPSA) is 66.1 Å². The van der Waals surface area contributed by atoms with E-state index in [1.807, 2.05) is 64.1 Å². The number of anilines is 1. The van der Waals surface area contributed by atoms with Crippen LogP contribution >= 0.6 is 12.2 Å². The molecule has 0 aliphatic carbocycles. The van der Waals surface area contributed by atoms with E-state index in [4.69, 9.17) is 12.2 Å². The highest BCUT2D eigenvalue weighted by Crippen LogP contribution is 2.18. The number of nitrogens with zero attached hydrogens (tertiary/aromatic N) is 1. The average molecular weight is 356 g/mol. The lowest BCUT2D eigenvalue weighted by atomic mass is 9.92. The van der Waals surface area contributed by atoms with E-state index in [-0.39, 0.29) is 17.5 Å². The number of nitrogens with one attached hydrogen (secondary N) is 3. The number of aryl methyl sites for hydroxylation is 1. The molecule has 1 heterocycles. The number of hydrogen-bond acceptors (Lipinski definition) is 3. The zero-order chi connectivity index (χ0) is 18.4. The van der Waals surface area contributed by atoms with Crippen LogP contribution in [-0.4, -0.2) is 22.2 Å². The molecular weight excluding hydrogens is 332 g/mol. The molecule has 0 aliphatic heterocycles. The van der Waals surface area contributed by atoms with Crippen LogP contribution < -0.4 is 16.0 Å². The predicted molar refractivity (Wildman–Crippen MR) is 105 cm³/mol. The average Bonchev–Trinajstić information content (AvgIpc) is 2.54. The number of rotatable bonds is 4. The lowest BCUT2D eigenvalue weighted by molar-refractivity contribution is 0.0895. The first-order valence-electron chi connectivity index (χ1n) is 8.11. The molecule has 0 radical (unpaired) electrons. The van der Waals surface area contributed by atoms with Gasteiger partial charge in [-0.15, -0.1) is 0 Å². The molecule has 132 valence electrons. The van der Waals surface area contributed by atoms with Crippen molar-refractivity contribution in [2.75, 3.05) is 5.32 Å². The van der Waals surface area contributed by atoms with Gasteiger partial charge < -0.3 is 16.0 Å². The van der Waals surface area contributed by atoms with Crippen LogP contribution in [0, 0.1) is 12.3 Å². The Kier molecular flexibility index (Phi) is 6.09. The Morgan fingerprint density at radius 2 is 1.80 bits per heavy atom. The van der Waals surface area contributed by atoms with E-state index in [0.29, 0.717) is 10.7 Å². The van der Waals surface area contributed by atoms with Crippen LogP contribution in [0.25, 0.3) is 0 Å². The summed E-state index contributed by atoms with van der Waals surface area (Å²) in [6, 6.07) is 11.2. The van der Waals surface area contributed by atoms with E-state index in [2.05, 4.69) is 20.9 Å². The van der Waals surface area contributed by atoms with Crippen molar-refractivity contribution in [3.8, 4) is 0 Å². The smallest absolute Gasteiger partial charge is 0.252 e. The van der Waals surface area contributed by atoms with Crippen molar-refractivity contribution >= 4 is 28.9 Å². The predicted octanol–water partition coefficient (Wildman–Crippen LogP) is 3.48. The zero-order valence-corrected chi connectivity index (χ0v) is 15.8. The van der Waals surface area contributed by atoms with Gasteiger partial charge in [0.25, 0.3) is 5.91 Å². The van der Waals surface area contributed by atoms with Gasteiger partial charge in [0, 0.05) is 17.2 Å². The Hall–Kier alpha value is -2.47. The molecule has 2 aromatic rings. The summed E-state index contributed by atoms with van der Waals surface area (Å²) < 4.78 is 0. The third-order valence-electron chi connectivity index (χ3n) is 3.65. The molecule has 1 unspecified atom stereocenters. The minimum atomic E-state index is -0.335. The molecule has 0 spiro atoms. The number of amides is 1. The Morgan fingerprint density at radius 3 is 2.36 bits per heavy atom. The highest BCUT2D eigenvalue weighted by atomic mass is 32.1. The molecule has 3 N–H and O–H groups in total. The molecule has 0 saturated heterocycles. The van der Waals surface area contributed by atoms with Crippen molar-refractivity contribution in [1.82, 2.24) is 15.6 Å². The first-order chi connectivity index (χ1) is 11.8. The molecule has 0 aliphatic rings. The first-order valence-corrected chi connectivity index (χ1v) is 8.51. The Balaban J connectivity index is 2.04. The molecular formula is C19H24N4OS. The maximum absolute atomic E-state index is 12.5. The second kappa shape index (κ2) is 8.07. The van der Waals surface area contributed by atoms with Crippen molar-refractivity contribution < 1.29 is 4.79 Å². The van der Waals surface area contributed by atoms with E-state index in [1.165, 1.54) is 0 Å². The third-order valence-corrected chi connectivity index (χ3v) is 3.87. The summed E-state index contributed by atoms with van der Waals surface area (Å²) in [6.07, 6.45) is 3.05. The van der Waals surface area contributed by atoms with E-state index in [9.17, 15) is 4.79 Å². The minimum Gasteiger partial charge on any atom is -0.342 e. The van der Waals surface area contributed by atoms with Crippen molar-refractivity contribution in [2.24, 2.45) is 5.41 Å². The van der Waals surface area contributed by atoms with E-state index < -0.39 is 0 Å². The summed E-state index contributed by atoms with van der Waals surface area (Å²) in [4.78, 5) is 16.6. The fourth-order valence-electron chi connectivity index (χ4n) is 2.12. The summed E-state index contributed by atoms with van der Waals surface area (Å²) in [6.45, 7) is 8.09. The fourth-order valence-corrected chi connectivity index (χ4v) is 2.36. The zero-order valence-electron chi connectivity index (χ0n) is 15.0. The van der Waals surface area contributed by atoms with Crippen LogP contribution in [0.3, 0.4) is 0 Å². The number of pyridine rings is 1. The second-order valence-electron chi connectivity index (χ2n) is 6.98. The second-order valence-corrected chi connectivity index (χ2v) is 7.39. The molecule has 1 aromatic carbocycles. The molecule has 5 nitrogen and oxygen atoms in total. The SMILES string of the molecule is Cc1ccc(C(=O)NC(NC(=S)Nc2cccnc2)C(C)(C)C)cc1. The lowest BCUT2D eigenvalue weighted by Gasteiger charge is -2.33. The highest BCUT2D eigenvalue weighted by Gasteiger charge is 2.27. The number of hydrogen-bond donors (Lipinski definition) is 3. The maximum atomic E-state index is 12.5. The summed E-state index contributed by atoms with van der Waals surface area (Å²) in [5.74, 6) is -0.142. The van der Waals surface area contributed by atoms with Crippen molar-refractivity contribution in [3.63, 3.8) is 0 Å². The van der Waals surface area contributed by atoms with Crippen LogP contribution in [-0.2, 0) is 0 Å². The Bertz CT molecular complexity index is 723. The molecule has 1 aromatic heterocycles.